The van der Waals surface area contributed by atoms with Crippen molar-refractivity contribution < 1.29 is 22.3 Å². The predicted molar refractivity (Wildman–Crippen MR) is 137 cm³/mol. The number of primary sulfonamides is 1. The van der Waals surface area contributed by atoms with Crippen molar-refractivity contribution in [3.63, 3.8) is 0 Å². The topological polar surface area (TPSA) is 139 Å². The van der Waals surface area contributed by atoms with Crippen LogP contribution in [0.2, 0.25) is 0 Å². The second-order valence-electron chi connectivity index (χ2n) is 9.31. The molecule has 1 saturated heterocycles. The quantitative estimate of drug-likeness (QED) is 0.419. The van der Waals surface area contributed by atoms with Crippen LogP contribution in [0.5, 0.6) is 5.75 Å². The molecule has 37 heavy (non-hydrogen) atoms. The molecule has 1 amide bonds. The summed E-state index contributed by atoms with van der Waals surface area (Å²) in [4.78, 5) is 30.3. The summed E-state index contributed by atoms with van der Waals surface area (Å²) in [5.74, 6) is -0.986. The summed E-state index contributed by atoms with van der Waals surface area (Å²) in [6.45, 7) is 4.94. The number of nitrogens with one attached hydrogen (secondary N) is 2. The Morgan fingerprint density at radius 3 is 2.49 bits per heavy atom. The maximum Gasteiger partial charge on any atom is 0.275 e. The molecule has 3 aromatic rings. The van der Waals surface area contributed by atoms with Crippen molar-refractivity contribution in [2.45, 2.75) is 17.9 Å². The molecule has 13 heteroatoms. The molecule has 1 atom stereocenters. The number of amides is 1. The number of nitrogens with zero attached hydrogens (tertiary/aromatic N) is 3. The average Bonchev–Trinajstić information content (AvgIpc) is 2.86. The number of hydrogen-bond donors (Lipinski definition) is 3. The zero-order chi connectivity index (χ0) is 26.5. The minimum Gasteiger partial charge on any atom is -0.487 e. The minimum absolute atomic E-state index is 0.0575. The lowest BCUT2D eigenvalue weighted by atomic mass is 10.0. The Kier molecular flexibility index (Phi) is 6.30. The van der Waals surface area contributed by atoms with Gasteiger partial charge >= 0.3 is 0 Å². The fourth-order valence-corrected chi connectivity index (χ4v) is 5.14. The molecule has 5 rings (SSSR count). The Morgan fingerprint density at radius 1 is 1.16 bits per heavy atom. The molecule has 2 aromatic carbocycles. The number of benzene rings is 2. The highest BCUT2D eigenvalue weighted by atomic mass is 32.2. The van der Waals surface area contributed by atoms with Gasteiger partial charge in [0, 0.05) is 32.4 Å². The van der Waals surface area contributed by atoms with E-state index in [1.165, 1.54) is 36.5 Å². The van der Waals surface area contributed by atoms with Crippen LogP contribution in [0.25, 0.3) is 10.9 Å². The van der Waals surface area contributed by atoms with Crippen LogP contribution in [0.15, 0.2) is 46.2 Å². The highest BCUT2D eigenvalue weighted by Crippen LogP contribution is 2.42. The van der Waals surface area contributed by atoms with Crippen molar-refractivity contribution >= 4 is 38.2 Å². The molecule has 0 aliphatic carbocycles. The van der Waals surface area contributed by atoms with Gasteiger partial charge in [0.2, 0.25) is 15.5 Å². The van der Waals surface area contributed by atoms with Crippen LogP contribution in [-0.2, 0) is 10.0 Å². The molecule has 1 fully saturated rings. The molecule has 2 aliphatic heterocycles. The number of rotatable bonds is 5. The summed E-state index contributed by atoms with van der Waals surface area (Å²) < 4.78 is 46.0. The molecule has 0 bridgehead atoms. The van der Waals surface area contributed by atoms with Crippen molar-refractivity contribution in [3.05, 3.63) is 58.1 Å². The maximum absolute atomic E-state index is 15.5. The number of carbonyl (C=O) groups is 1. The Balaban J connectivity index is 1.49. The van der Waals surface area contributed by atoms with E-state index < -0.39 is 27.2 Å². The molecule has 0 radical (unpaired) electrons. The van der Waals surface area contributed by atoms with Crippen LogP contribution in [0.4, 0.5) is 15.8 Å². The number of likely N-dealkylation sites (N-methyl/N-ethyl adjacent to an activating group) is 1. The summed E-state index contributed by atoms with van der Waals surface area (Å²) >= 11 is 0. The number of hydrazine groups is 1. The predicted octanol–water partition coefficient (Wildman–Crippen LogP) is 1.25. The third-order valence-corrected chi connectivity index (χ3v) is 7.64. The highest BCUT2D eigenvalue weighted by molar-refractivity contribution is 7.89. The van der Waals surface area contributed by atoms with Gasteiger partial charge in [0.05, 0.1) is 27.5 Å². The minimum atomic E-state index is -3.85. The molecule has 3 heterocycles. The first-order valence-electron chi connectivity index (χ1n) is 11.7. The van der Waals surface area contributed by atoms with Crippen molar-refractivity contribution in [1.82, 2.24) is 14.9 Å². The van der Waals surface area contributed by atoms with Crippen molar-refractivity contribution in [2.24, 2.45) is 5.14 Å². The normalized spacial score (nSPS) is 17.9. The SMILES string of the molecule is CC1COc2c(N3CCN(C)CC3)c(F)cc3c(=O)c(C(=O)NNc4ccc(S(N)(=O)=O)cc4)cn1c23. The van der Waals surface area contributed by atoms with E-state index in [-0.39, 0.29) is 28.5 Å². The number of hydrogen-bond acceptors (Lipinski definition) is 8. The fraction of sp³-hybridized carbons (Fsp3) is 0.333. The van der Waals surface area contributed by atoms with Crippen LogP contribution < -0.4 is 31.1 Å². The van der Waals surface area contributed by atoms with Crippen molar-refractivity contribution in [3.8, 4) is 5.75 Å². The van der Waals surface area contributed by atoms with Gasteiger partial charge in [-0.05, 0) is 44.3 Å². The van der Waals surface area contributed by atoms with Crippen LogP contribution in [0.1, 0.15) is 23.3 Å². The van der Waals surface area contributed by atoms with Gasteiger partial charge in [-0.3, -0.25) is 20.4 Å². The summed E-state index contributed by atoms with van der Waals surface area (Å²) in [6, 6.07) is 6.37. The van der Waals surface area contributed by atoms with E-state index in [1.807, 2.05) is 18.9 Å². The van der Waals surface area contributed by atoms with E-state index in [1.54, 1.807) is 4.57 Å². The Bertz CT molecular complexity index is 1550. The highest BCUT2D eigenvalue weighted by Gasteiger charge is 2.31. The first-order valence-corrected chi connectivity index (χ1v) is 13.3. The van der Waals surface area contributed by atoms with Crippen molar-refractivity contribution in [2.75, 3.05) is 50.2 Å². The van der Waals surface area contributed by atoms with Gasteiger partial charge in [0.15, 0.2) is 11.6 Å². The van der Waals surface area contributed by atoms with Crippen LogP contribution >= 0.6 is 0 Å². The lowest BCUT2D eigenvalue weighted by Crippen LogP contribution is -2.45. The standard InChI is InChI=1S/C24H27FN6O5S/c1-14-13-36-23-20-17(11-19(25)21(23)30-9-7-29(2)8-10-30)22(32)18(12-31(14)20)24(33)28-27-15-3-5-16(6-4-15)37(26,34)35/h3-6,11-12,14,27H,7-10,13H2,1-2H3,(H,28,33)(H2,26,34,35). The average molecular weight is 531 g/mol. The van der Waals surface area contributed by atoms with Crippen LogP contribution in [0, 0.1) is 5.82 Å². The number of carbonyl (C=O) groups excluding carboxylic acids is 1. The molecule has 196 valence electrons. The number of anilines is 2. The molecular formula is C24H27FN6O5S. The van der Waals surface area contributed by atoms with Gasteiger partial charge in [-0.1, -0.05) is 0 Å². The Labute approximate surface area is 212 Å². The lowest BCUT2D eigenvalue weighted by molar-refractivity contribution is 0.0960. The number of pyridine rings is 1. The van der Waals surface area contributed by atoms with Gasteiger partial charge in [-0.2, -0.15) is 0 Å². The Morgan fingerprint density at radius 2 is 1.84 bits per heavy atom. The molecule has 11 nitrogen and oxygen atoms in total. The third-order valence-electron chi connectivity index (χ3n) is 6.71. The summed E-state index contributed by atoms with van der Waals surface area (Å²) in [7, 11) is -1.84. The van der Waals surface area contributed by atoms with E-state index in [9.17, 15) is 18.0 Å². The fourth-order valence-electron chi connectivity index (χ4n) is 4.62. The third kappa shape index (κ3) is 4.61. The van der Waals surface area contributed by atoms with E-state index >= 15 is 4.39 Å². The summed E-state index contributed by atoms with van der Waals surface area (Å²) in [5.41, 5.74) is 5.45. The monoisotopic (exact) mass is 530 g/mol. The Hall–Kier alpha value is -3.68. The number of ether oxygens (including phenoxy) is 1. The van der Waals surface area contributed by atoms with Crippen LogP contribution in [0.3, 0.4) is 0 Å². The molecule has 2 aliphatic rings. The molecule has 0 saturated carbocycles. The molecular weight excluding hydrogens is 503 g/mol. The number of aromatic nitrogens is 1. The van der Waals surface area contributed by atoms with E-state index in [0.29, 0.717) is 35.7 Å². The molecule has 4 N–H and O–H groups in total. The first kappa shape index (κ1) is 25.0. The molecule has 1 unspecified atom stereocenters. The van der Waals surface area contributed by atoms with Gasteiger partial charge in [-0.25, -0.2) is 17.9 Å². The number of halogens is 1. The largest absolute Gasteiger partial charge is 0.487 e. The van der Waals surface area contributed by atoms with Gasteiger partial charge < -0.3 is 19.1 Å². The second kappa shape index (κ2) is 9.32. The summed E-state index contributed by atoms with van der Waals surface area (Å²) in [6.07, 6.45) is 1.47. The second-order valence-corrected chi connectivity index (χ2v) is 10.9. The van der Waals surface area contributed by atoms with Gasteiger partial charge in [0.25, 0.3) is 5.91 Å². The summed E-state index contributed by atoms with van der Waals surface area (Å²) in [5, 5.41) is 5.15. The lowest BCUT2D eigenvalue weighted by Gasteiger charge is -2.37. The van der Waals surface area contributed by atoms with E-state index in [4.69, 9.17) is 9.88 Å². The smallest absolute Gasteiger partial charge is 0.275 e. The zero-order valence-electron chi connectivity index (χ0n) is 20.3. The maximum atomic E-state index is 15.5. The van der Waals surface area contributed by atoms with Crippen LogP contribution in [-0.4, -0.2) is 63.6 Å². The van der Waals surface area contributed by atoms with E-state index in [0.717, 1.165) is 13.1 Å². The van der Waals surface area contributed by atoms with Crippen molar-refractivity contribution in [1.29, 1.82) is 0 Å². The number of nitrogens with two attached hydrogens (primary N) is 1. The van der Waals surface area contributed by atoms with Gasteiger partial charge in [0.1, 0.15) is 17.9 Å². The number of sulfonamides is 1. The first-order chi connectivity index (χ1) is 17.5. The van der Waals surface area contributed by atoms with Gasteiger partial charge in [-0.15, -0.1) is 0 Å². The molecule has 0 spiro atoms. The van der Waals surface area contributed by atoms with E-state index in [2.05, 4.69) is 15.8 Å². The molecule has 1 aromatic heterocycles. The number of piperazine rings is 1. The zero-order valence-corrected chi connectivity index (χ0v) is 21.1.